The fraction of sp³-hybridized carbons (Fsp3) is 0.556. The molecule has 0 aliphatic heterocycles. The maximum Gasteiger partial charge on any atom is 0.428 e. The van der Waals surface area contributed by atoms with Gasteiger partial charge in [0, 0.05) is 0 Å². The molecule has 0 saturated carbocycles. The van der Waals surface area contributed by atoms with E-state index in [1.807, 2.05) is 0 Å². The van der Waals surface area contributed by atoms with Crippen LogP contribution in [-0.4, -0.2) is 30.5 Å². The van der Waals surface area contributed by atoms with Crippen molar-refractivity contribution in [1.29, 1.82) is 0 Å². The number of allylic oxidation sites excluding steroid dienone is 2. The largest absolute Gasteiger partial charge is 0.428 e. The van der Waals surface area contributed by atoms with Gasteiger partial charge in [-0.2, -0.15) is 26.3 Å². The van der Waals surface area contributed by atoms with Gasteiger partial charge in [0.05, 0.1) is 0 Å². The second kappa shape index (κ2) is 5.35. The molecule has 1 nitrogen and oxygen atoms in total. The number of hydrogen-bond acceptors (Lipinski definition) is 1. The summed E-state index contributed by atoms with van der Waals surface area (Å²) in [4.78, 5) is 0. The molecule has 0 aromatic heterocycles. The van der Waals surface area contributed by atoms with Crippen molar-refractivity contribution in [3.8, 4) is 0 Å². The van der Waals surface area contributed by atoms with Crippen LogP contribution >= 0.6 is 0 Å². The van der Waals surface area contributed by atoms with E-state index in [1.165, 1.54) is 0 Å². The van der Waals surface area contributed by atoms with Gasteiger partial charge in [-0.15, -0.1) is 0 Å². The molecule has 3 unspecified atom stereocenters. The zero-order chi connectivity index (χ0) is 17.7. The second-order valence-electron chi connectivity index (χ2n) is 3.87. The van der Waals surface area contributed by atoms with E-state index in [0.717, 1.165) is 0 Å². The number of ether oxygens (including phenoxy) is 1. The van der Waals surface area contributed by atoms with Crippen LogP contribution < -0.4 is 0 Å². The summed E-state index contributed by atoms with van der Waals surface area (Å²) in [6.45, 7) is 0. The van der Waals surface area contributed by atoms with E-state index in [2.05, 4.69) is 4.74 Å². The Balaban J connectivity index is 3.27. The maximum absolute atomic E-state index is 13.6. The molecule has 0 saturated heterocycles. The summed E-state index contributed by atoms with van der Waals surface area (Å²) in [5.41, 5.74) is 0. The van der Waals surface area contributed by atoms with Gasteiger partial charge in [0.15, 0.2) is 17.5 Å². The summed E-state index contributed by atoms with van der Waals surface area (Å²) < 4.78 is 153. The van der Waals surface area contributed by atoms with Gasteiger partial charge in [0.2, 0.25) is 12.0 Å². The van der Waals surface area contributed by atoms with Crippen molar-refractivity contribution >= 4 is 0 Å². The van der Waals surface area contributed by atoms with E-state index in [0.29, 0.717) is 0 Å². The molecular weight excluding hydrogens is 352 g/mol. The van der Waals surface area contributed by atoms with Crippen LogP contribution in [0.1, 0.15) is 0 Å². The quantitative estimate of drug-likeness (QED) is 0.661. The zero-order valence-corrected chi connectivity index (χ0v) is 9.60. The highest BCUT2D eigenvalue weighted by Crippen LogP contribution is 2.49. The van der Waals surface area contributed by atoms with Gasteiger partial charge in [0.1, 0.15) is 0 Å². The highest BCUT2D eigenvalue weighted by atomic mass is 19.4. The van der Waals surface area contributed by atoms with E-state index in [4.69, 9.17) is 0 Å². The molecule has 1 rings (SSSR count). The molecule has 0 radical (unpaired) electrons. The van der Waals surface area contributed by atoms with Gasteiger partial charge >= 0.3 is 18.1 Å². The summed E-state index contributed by atoms with van der Waals surface area (Å²) in [6.07, 6.45) is -22.4. The number of hydrogen-bond donors (Lipinski definition) is 0. The van der Waals surface area contributed by atoms with Crippen molar-refractivity contribution < 1.29 is 57.4 Å². The predicted molar refractivity (Wildman–Crippen MR) is 44.2 cm³/mol. The molecule has 0 aromatic rings. The summed E-state index contributed by atoms with van der Waals surface area (Å²) in [5, 5.41) is 0. The molecule has 0 N–H and O–H groups in total. The highest BCUT2D eigenvalue weighted by molar-refractivity contribution is 5.37. The van der Waals surface area contributed by atoms with Crippen LogP contribution in [0.15, 0.2) is 23.3 Å². The first-order valence-corrected chi connectivity index (χ1v) is 4.89. The van der Waals surface area contributed by atoms with E-state index in [-0.39, 0.29) is 0 Å². The Bertz CT molecular complexity index is 519. The van der Waals surface area contributed by atoms with Crippen molar-refractivity contribution in [3.63, 3.8) is 0 Å². The molecule has 0 bridgehead atoms. The molecule has 0 heterocycles. The maximum atomic E-state index is 13.6. The summed E-state index contributed by atoms with van der Waals surface area (Å²) in [7, 11) is 0. The molecule has 0 spiro atoms. The van der Waals surface area contributed by atoms with E-state index >= 15 is 0 Å². The Hall–Kier alpha value is -1.40. The minimum atomic E-state index is -6.36. The van der Waals surface area contributed by atoms with E-state index in [1.54, 1.807) is 0 Å². The van der Waals surface area contributed by atoms with Gasteiger partial charge in [-0.05, 0) is 0 Å². The Labute approximate surface area is 112 Å². The summed E-state index contributed by atoms with van der Waals surface area (Å²) in [5.74, 6) is -18.2. The van der Waals surface area contributed by atoms with E-state index in [9.17, 15) is 52.7 Å². The van der Waals surface area contributed by atoms with Crippen LogP contribution in [0.2, 0.25) is 0 Å². The third kappa shape index (κ3) is 2.90. The van der Waals surface area contributed by atoms with Gasteiger partial charge in [-0.1, -0.05) is 0 Å². The van der Waals surface area contributed by atoms with Crippen LogP contribution in [0.3, 0.4) is 0 Å². The normalized spacial score (nSPS) is 29.2. The first kappa shape index (κ1) is 18.6. The summed E-state index contributed by atoms with van der Waals surface area (Å²) in [6, 6.07) is 0. The average Bonchev–Trinajstić information content (AvgIpc) is 2.39. The Morgan fingerprint density at radius 2 is 1.41 bits per heavy atom. The third-order valence-corrected chi connectivity index (χ3v) is 2.31. The van der Waals surface area contributed by atoms with E-state index < -0.39 is 53.8 Å². The van der Waals surface area contributed by atoms with Crippen LogP contribution in [-0.2, 0) is 4.74 Å². The van der Waals surface area contributed by atoms with Gasteiger partial charge in [-0.25, -0.2) is 26.3 Å². The minimum absolute atomic E-state index is 2.38. The lowest BCUT2D eigenvalue weighted by Crippen LogP contribution is -2.53. The Morgan fingerprint density at radius 3 is 1.82 bits per heavy atom. The Morgan fingerprint density at radius 1 is 0.955 bits per heavy atom. The van der Waals surface area contributed by atoms with Crippen LogP contribution in [0, 0.1) is 0 Å². The predicted octanol–water partition coefficient (Wildman–Crippen LogP) is 4.81. The average molecular weight is 354 g/mol. The number of alkyl halides is 8. The molecule has 1 aliphatic carbocycles. The van der Waals surface area contributed by atoms with Gasteiger partial charge < -0.3 is 0 Å². The number of rotatable bonds is 3. The van der Waals surface area contributed by atoms with Crippen molar-refractivity contribution in [3.05, 3.63) is 23.3 Å². The SMILES string of the molecule is FC1=C(F)C(F)C(F)(OC(F)(F)C(F)C(F)(F)F)C(F)=C1F. The van der Waals surface area contributed by atoms with Gasteiger partial charge in [-0.3, -0.25) is 4.74 Å². The van der Waals surface area contributed by atoms with Crippen molar-refractivity contribution in [1.82, 2.24) is 0 Å². The third-order valence-electron chi connectivity index (χ3n) is 2.31. The van der Waals surface area contributed by atoms with Crippen LogP contribution in [0.25, 0.3) is 0 Å². The monoisotopic (exact) mass is 354 g/mol. The molecule has 22 heavy (non-hydrogen) atoms. The standard InChI is InChI=1S/C9H2F12O/c10-1-2(11)4(13)7(16,5(14)3(1)12)22-9(20,21)6(15)8(17,18)19/h4,6H. The first-order chi connectivity index (χ1) is 9.66. The number of halogens is 12. The molecule has 0 aromatic carbocycles. The topological polar surface area (TPSA) is 9.23 Å². The smallest absolute Gasteiger partial charge is 0.271 e. The first-order valence-electron chi connectivity index (χ1n) is 4.89. The lowest BCUT2D eigenvalue weighted by Gasteiger charge is -2.33. The summed E-state index contributed by atoms with van der Waals surface area (Å²) >= 11 is 0. The molecule has 1 aliphatic rings. The molecule has 0 fully saturated rings. The minimum Gasteiger partial charge on any atom is -0.271 e. The van der Waals surface area contributed by atoms with Crippen molar-refractivity contribution in [2.45, 2.75) is 30.5 Å². The van der Waals surface area contributed by atoms with Gasteiger partial charge in [0.25, 0.3) is 6.17 Å². The lowest BCUT2D eigenvalue weighted by atomic mass is 10.0. The van der Waals surface area contributed by atoms with Crippen molar-refractivity contribution in [2.75, 3.05) is 0 Å². The fourth-order valence-electron chi connectivity index (χ4n) is 1.27. The van der Waals surface area contributed by atoms with Crippen LogP contribution in [0.5, 0.6) is 0 Å². The molecule has 0 amide bonds. The molecule has 3 atom stereocenters. The second-order valence-corrected chi connectivity index (χ2v) is 3.87. The zero-order valence-electron chi connectivity index (χ0n) is 9.60. The highest BCUT2D eigenvalue weighted by Gasteiger charge is 2.66. The molecule has 128 valence electrons. The molecular formula is C9H2F12O. The molecule has 13 heteroatoms. The lowest BCUT2D eigenvalue weighted by molar-refractivity contribution is -0.389. The van der Waals surface area contributed by atoms with Crippen molar-refractivity contribution in [2.24, 2.45) is 0 Å². The Kier molecular flexibility index (Phi) is 4.54. The van der Waals surface area contributed by atoms with Crippen LogP contribution in [0.4, 0.5) is 52.7 Å². The fourth-order valence-corrected chi connectivity index (χ4v) is 1.27.